The van der Waals surface area contributed by atoms with Crippen molar-refractivity contribution in [3.8, 4) is 5.75 Å². The van der Waals surface area contributed by atoms with E-state index in [0.29, 0.717) is 16.9 Å². The van der Waals surface area contributed by atoms with Gasteiger partial charge in [0, 0.05) is 28.7 Å². The van der Waals surface area contributed by atoms with Crippen LogP contribution in [0.3, 0.4) is 0 Å². The molecule has 0 aromatic heterocycles. The van der Waals surface area contributed by atoms with Gasteiger partial charge in [0.15, 0.2) is 11.4 Å². The third kappa shape index (κ3) is 4.17. The van der Waals surface area contributed by atoms with Crippen LogP contribution in [-0.2, 0) is 19.8 Å². The maximum atomic E-state index is 14.3. The predicted octanol–water partition coefficient (Wildman–Crippen LogP) is 1.92. The molecule has 1 saturated carbocycles. The van der Waals surface area contributed by atoms with Gasteiger partial charge in [-0.2, -0.15) is 11.8 Å². The van der Waals surface area contributed by atoms with Crippen molar-refractivity contribution >= 4 is 35.0 Å². The second-order valence-electron chi connectivity index (χ2n) is 12.1. The maximum Gasteiger partial charge on any atom is 0.255 e. The number of nitrogens with zero attached hydrogens (tertiary/aromatic N) is 1. The van der Waals surface area contributed by atoms with Gasteiger partial charge in [-0.05, 0) is 37.2 Å². The molecule has 7 N–H and O–H groups in total. The van der Waals surface area contributed by atoms with Gasteiger partial charge in [0.1, 0.15) is 22.8 Å². The molecule has 1 fully saturated rings. The molecule has 6 atom stereocenters. The van der Waals surface area contributed by atoms with Crippen molar-refractivity contribution in [3.63, 3.8) is 0 Å². The van der Waals surface area contributed by atoms with Crippen LogP contribution < -0.4 is 5.73 Å². The van der Waals surface area contributed by atoms with Crippen molar-refractivity contribution in [2.75, 3.05) is 25.6 Å². The van der Waals surface area contributed by atoms with Crippen molar-refractivity contribution in [1.82, 2.24) is 4.90 Å². The van der Waals surface area contributed by atoms with Crippen LogP contribution in [0.4, 0.5) is 0 Å². The number of hydrogen-bond donors (Lipinski definition) is 6. The topological polar surface area (TPSA) is 182 Å². The number of rotatable bonds is 6. The molecular formula is C29H38N2O8S. The molecule has 0 bridgehead atoms. The van der Waals surface area contributed by atoms with Crippen LogP contribution in [0.5, 0.6) is 5.75 Å². The Morgan fingerprint density at radius 2 is 1.77 bits per heavy atom. The summed E-state index contributed by atoms with van der Waals surface area (Å²) in [5.41, 5.74) is 1.71. The normalized spacial score (nSPS) is 30.4. The highest BCUT2D eigenvalue weighted by atomic mass is 32.2. The van der Waals surface area contributed by atoms with E-state index in [1.165, 1.54) is 19.0 Å². The molecular weight excluding hydrogens is 536 g/mol. The lowest BCUT2D eigenvalue weighted by molar-refractivity contribution is -0.169. The van der Waals surface area contributed by atoms with E-state index in [1.54, 1.807) is 23.9 Å². The number of carbonyl (C=O) groups is 3. The Kier molecular flexibility index (Phi) is 7.68. The predicted molar refractivity (Wildman–Crippen MR) is 151 cm³/mol. The molecule has 3 aliphatic carbocycles. The highest BCUT2D eigenvalue weighted by Gasteiger charge is 2.68. The van der Waals surface area contributed by atoms with E-state index in [9.17, 15) is 39.9 Å². The molecule has 11 heteroatoms. The first-order valence-corrected chi connectivity index (χ1v) is 14.5. The number of Topliss-reactive ketones (excluding diaryl/α,β-unsaturated/α-hetero) is 2. The third-order valence-corrected chi connectivity index (χ3v) is 9.68. The monoisotopic (exact) mass is 574 g/mol. The fraction of sp³-hybridized carbons (Fsp3) is 0.552. The summed E-state index contributed by atoms with van der Waals surface area (Å²) in [5.74, 6) is -7.57. The summed E-state index contributed by atoms with van der Waals surface area (Å²) < 4.78 is 0. The largest absolute Gasteiger partial charge is 0.508 e. The molecule has 0 radical (unpaired) electrons. The van der Waals surface area contributed by atoms with E-state index in [-0.39, 0.29) is 16.9 Å². The lowest BCUT2D eigenvalue weighted by atomic mass is 9.54. The fourth-order valence-corrected chi connectivity index (χ4v) is 7.69. The minimum absolute atomic E-state index is 0.0259. The van der Waals surface area contributed by atoms with E-state index in [2.05, 4.69) is 0 Å². The SMILES string of the molecule is CCCSCC1c2ccc(C(C)(C)C)c(O)c2C(O)=C2C(=O)[C@]3(O)C(O)=C(C(N)=O)C(=O)[C@@H](N(C)C)C3C(O)C21. The van der Waals surface area contributed by atoms with Gasteiger partial charge in [-0.3, -0.25) is 19.3 Å². The fourth-order valence-electron chi connectivity index (χ4n) is 6.59. The van der Waals surface area contributed by atoms with Crippen molar-refractivity contribution in [1.29, 1.82) is 0 Å². The Hall–Kier alpha value is -2.86. The summed E-state index contributed by atoms with van der Waals surface area (Å²) in [6.07, 6.45) is -0.746. The first-order chi connectivity index (χ1) is 18.5. The third-order valence-electron chi connectivity index (χ3n) is 8.39. The van der Waals surface area contributed by atoms with Crippen LogP contribution >= 0.6 is 11.8 Å². The lowest BCUT2D eigenvalue weighted by Gasteiger charge is -2.54. The van der Waals surface area contributed by atoms with Gasteiger partial charge in [-0.1, -0.05) is 39.8 Å². The number of fused-ring (bicyclic) bond motifs is 3. The minimum atomic E-state index is -2.93. The molecule has 3 aliphatic rings. The van der Waals surface area contributed by atoms with Gasteiger partial charge in [0.05, 0.1) is 23.6 Å². The number of nitrogens with two attached hydrogens (primary N) is 1. The molecule has 1 aromatic rings. The van der Waals surface area contributed by atoms with Crippen molar-refractivity contribution in [3.05, 3.63) is 45.7 Å². The number of aromatic hydroxyl groups is 1. The van der Waals surface area contributed by atoms with E-state index in [1.807, 2.05) is 27.7 Å². The number of carbonyl (C=O) groups excluding carboxylic acids is 3. The summed E-state index contributed by atoms with van der Waals surface area (Å²) in [4.78, 5) is 41.2. The number of amides is 1. The number of ketones is 2. The Labute approximate surface area is 237 Å². The lowest BCUT2D eigenvalue weighted by Crippen LogP contribution is -2.70. The molecule has 0 spiro atoms. The summed E-state index contributed by atoms with van der Waals surface area (Å²) >= 11 is 1.57. The average molecular weight is 575 g/mol. The zero-order valence-corrected chi connectivity index (χ0v) is 24.4. The van der Waals surface area contributed by atoms with Crippen LogP contribution in [0.2, 0.25) is 0 Å². The number of hydrogen-bond acceptors (Lipinski definition) is 10. The quantitative estimate of drug-likeness (QED) is 0.217. The van der Waals surface area contributed by atoms with E-state index < -0.39 is 75.5 Å². The van der Waals surface area contributed by atoms with Crippen molar-refractivity contribution in [2.24, 2.45) is 17.6 Å². The van der Waals surface area contributed by atoms with Crippen LogP contribution in [0.15, 0.2) is 29.0 Å². The van der Waals surface area contributed by atoms with Crippen molar-refractivity contribution in [2.45, 2.75) is 63.2 Å². The number of aliphatic hydroxyl groups excluding tert-OH is 3. The minimum Gasteiger partial charge on any atom is -0.508 e. The number of likely N-dealkylation sites (N-methyl/N-ethyl adjacent to an activating group) is 1. The molecule has 4 rings (SSSR count). The van der Waals surface area contributed by atoms with Gasteiger partial charge in [-0.15, -0.1) is 0 Å². The maximum absolute atomic E-state index is 14.3. The van der Waals surface area contributed by atoms with Crippen LogP contribution in [-0.4, -0.2) is 91.3 Å². The molecule has 1 amide bonds. The summed E-state index contributed by atoms with van der Waals surface area (Å²) in [6, 6.07) is 2.15. The summed E-state index contributed by atoms with van der Waals surface area (Å²) in [6.45, 7) is 7.67. The van der Waals surface area contributed by atoms with E-state index in [0.717, 1.165) is 12.2 Å². The van der Waals surface area contributed by atoms with Gasteiger partial charge in [0.25, 0.3) is 5.91 Å². The molecule has 218 valence electrons. The van der Waals surface area contributed by atoms with Crippen LogP contribution in [0, 0.1) is 11.8 Å². The van der Waals surface area contributed by atoms with Gasteiger partial charge >= 0.3 is 0 Å². The number of primary amides is 1. The average Bonchev–Trinajstić information content (AvgIpc) is 2.84. The zero-order valence-electron chi connectivity index (χ0n) is 23.6. The molecule has 1 aromatic carbocycles. The Morgan fingerprint density at radius 1 is 1.15 bits per heavy atom. The summed E-state index contributed by atoms with van der Waals surface area (Å²) in [7, 11) is 2.97. The molecule has 10 nitrogen and oxygen atoms in total. The van der Waals surface area contributed by atoms with Crippen LogP contribution in [0.25, 0.3) is 5.76 Å². The van der Waals surface area contributed by atoms with Gasteiger partial charge in [0.2, 0.25) is 5.78 Å². The molecule has 40 heavy (non-hydrogen) atoms. The molecule has 0 aliphatic heterocycles. The van der Waals surface area contributed by atoms with Gasteiger partial charge < -0.3 is 31.3 Å². The van der Waals surface area contributed by atoms with Gasteiger partial charge in [-0.25, -0.2) is 0 Å². The smallest absolute Gasteiger partial charge is 0.255 e. The summed E-state index contributed by atoms with van der Waals surface area (Å²) in [5, 5.41) is 57.9. The first-order valence-electron chi connectivity index (χ1n) is 13.3. The number of aliphatic hydroxyl groups is 4. The number of phenols is 1. The first kappa shape index (κ1) is 30.1. The molecule has 0 heterocycles. The zero-order chi connectivity index (χ0) is 30.1. The Balaban J connectivity index is 2.07. The molecule has 0 saturated heterocycles. The number of benzene rings is 1. The Morgan fingerprint density at radius 3 is 2.30 bits per heavy atom. The second-order valence-corrected chi connectivity index (χ2v) is 13.3. The number of phenolic OH excluding ortho intramolecular Hbond substituents is 1. The van der Waals surface area contributed by atoms with Crippen molar-refractivity contribution < 1.29 is 39.9 Å². The van der Waals surface area contributed by atoms with E-state index in [4.69, 9.17) is 5.73 Å². The Bertz CT molecular complexity index is 1340. The second kappa shape index (κ2) is 10.2. The standard InChI is InChI=1S/C29H38N2O8S/c1-7-10-40-11-13-12-8-9-14(28(2,3)4)21(32)16(12)22(33)17-15(13)23(34)19-20(31(5)6)24(35)18(27(30)38)26(37)29(19,39)25(17)36/h8-9,13,15,19-20,23,32-34,37,39H,7,10-11H2,1-6H3,(H2,30,38)/t13?,15?,19?,20-,23?,29-/m0/s1. The van der Waals surface area contributed by atoms with Crippen LogP contribution in [0.1, 0.15) is 56.7 Å². The highest BCUT2D eigenvalue weighted by molar-refractivity contribution is 7.99. The van der Waals surface area contributed by atoms with E-state index >= 15 is 0 Å². The molecule has 4 unspecified atom stereocenters. The number of thioether (sulfide) groups is 1. The highest BCUT2D eigenvalue weighted by Crippen LogP contribution is 2.57.